The smallest absolute Gasteiger partial charge is 0.266 e. The first-order valence-corrected chi connectivity index (χ1v) is 17.0. The van der Waals surface area contributed by atoms with E-state index in [9.17, 15) is 4.79 Å². The van der Waals surface area contributed by atoms with Gasteiger partial charge < -0.3 is 29.0 Å². The number of methoxy groups -OCH3 is 3. The molecule has 13 nitrogen and oxygen atoms in total. The van der Waals surface area contributed by atoms with Crippen LogP contribution in [0, 0.1) is 0 Å². The summed E-state index contributed by atoms with van der Waals surface area (Å²) >= 11 is 1.31. The molecule has 0 aliphatic heterocycles. The minimum Gasteiger partial charge on any atom is -0.497 e. The molecule has 0 fully saturated rings. The van der Waals surface area contributed by atoms with Gasteiger partial charge in [0.05, 0.1) is 27.9 Å². The van der Waals surface area contributed by atoms with Crippen LogP contribution in [0.5, 0.6) is 29.0 Å². The second-order valence-electron chi connectivity index (χ2n) is 11.0. The average Bonchev–Trinajstić information content (AvgIpc) is 3.65. The molecule has 0 spiro atoms. The van der Waals surface area contributed by atoms with Crippen LogP contribution < -0.4 is 29.0 Å². The van der Waals surface area contributed by atoms with Gasteiger partial charge in [0.15, 0.2) is 10.7 Å². The van der Waals surface area contributed by atoms with Crippen molar-refractivity contribution in [3.05, 3.63) is 119 Å². The molecule has 0 saturated heterocycles. The quantitative estimate of drug-likeness (QED) is 0.0941. The zero-order chi connectivity index (χ0) is 35.6. The fourth-order valence-corrected chi connectivity index (χ4v) is 5.21. The summed E-state index contributed by atoms with van der Waals surface area (Å²) in [6, 6.07) is 29.7. The highest BCUT2D eigenvalue weighted by Gasteiger charge is 2.25. The Morgan fingerprint density at radius 1 is 0.686 bits per heavy atom. The van der Waals surface area contributed by atoms with Gasteiger partial charge >= 0.3 is 0 Å². The first-order valence-electron chi connectivity index (χ1n) is 15.7. The van der Waals surface area contributed by atoms with Crippen LogP contribution in [0.4, 0.5) is 5.69 Å². The molecule has 0 radical (unpaired) electrons. The summed E-state index contributed by atoms with van der Waals surface area (Å²) < 4.78 is 28.1. The van der Waals surface area contributed by atoms with Crippen molar-refractivity contribution in [2.24, 2.45) is 0 Å². The van der Waals surface area contributed by atoms with Gasteiger partial charge in [-0.1, -0.05) is 48.2 Å². The largest absolute Gasteiger partial charge is 0.497 e. The molecule has 0 bridgehead atoms. The van der Waals surface area contributed by atoms with Crippen molar-refractivity contribution in [1.82, 2.24) is 30.2 Å². The molecule has 0 aliphatic rings. The van der Waals surface area contributed by atoms with Gasteiger partial charge in [-0.3, -0.25) is 4.79 Å². The van der Waals surface area contributed by atoms with Crippen molar-refractivity contribution in [2.75, 3.05) is 32.9 Å². The average molecular weight is 706 g/mol. The second-order valence-corrected chi connectivity index (χ2v) is 11.8. The van der Waals surface area contributed by atoms with E-state index in [1.807, 2.05) is 79.1 Å². The molecular formula is C37H35N7O6S. The highest BCUT2D eigenvalue weighted by Crippen LogP contribution is 2.31. The van der Waals surface area contributed by atoms with E-state index >= 15 is 0 Å². The number of hydrogen-bond donors (Lipinski definition) is 1. The lowest BCUT2D eigenvalue weighted by atomic mass is 10.2. The molecule has 4 aromatic carbocycles. The number of nitrogens with one attached hydrogen (secondary N) is 1. The first-order chi connectivity index (χ1) is 24.9. The van der Waals surface area contributed by atoms with Crippen LogP contribution in [0.2, 0.25) is 0 Å². The zero-order valence-electron chi connectivity index (χ0n) is 28.4. The van der Waals surface area contributed by atoms with Gasteiger partial charge in [0, 0.05) is 11.3 Å². The van der Waals surface area contributed by atoms with Crippen LogP contribution in [0.25, 0.3) is 11.4 Å². The van der Waals surface area contributed by atoms with Crippen LogP contribution in [0.1, 0.15) is 27.0 Å². The molecule has 0 unspecified atom stereocenters. The molecule has 14 heteroatoms. The minimum absolute atomic E-state index is 0.0574. The van der Waals surface area contributed by atoms with Crippen molar-refractivity contribution in [1.29, 1.82) is 0 Å². The summed E-state index contributed by atoms with van der Waals surface area (Å²) in [5.41, 5.74) is 4.03. The lowest BCUT2D eigenvalue weighted by Crippen LogP contribution is -2.18. The van der Waals surface area contributed by atoms with E-state index in [0.717, 1.165) is 39.5 Å². The van der Waals surface area contributed by atoms with Crippen LogP contribution >= 0.6 is 11.8 Å². The minimum atomic E-state index is -0.506. The van der Waals surface area contributed by atoms with Crippen LogP contribution in [-0.2, 0) is 19.8 Å². The number of rotatable bonds is 15. The lowest BCUT2D eigenvalue weighted by Gasteiger charge is -2.16. The summed E-state index contributed by atoms with van der Waals surface area (Å²) in [6.45, 7) is 0.746. The van der Waals surface area contributed by atoms with E-state index in [1.165, 1.54) is 16.6 Å². The molecule has 260 valence electrons. The number of nitrogens with zero attached hydrogens (tertiary/aromatic N) is 6. The SMILES string of the molecule is COc1ccc(COc2nc(SC)nc(OCc3ccc(OC)cc3)c2C(=O)Nc2ccc(-c3nnn(Cc4ccc(OC)cc4)n3)cc2)cc1. The van der Waals surface area contributed by atoms with Crippen molar-refractivity contribution in [2.45, 2.75) is 24.9 Å². The molecule has 0 aliphatic carbocycles. The van der Waals surface area contributed by atoms with E-state index in [0.29, 0.717) is 23.2 Å². The fraction of sp³-hybridized carbons (Fsp3) is 0.189. The summed E-state index contributed by atoms with van der Waals surface area (Å²) in [6.07, 6.45) is 1.84. The molecule has 0 saturated carbocycles. The Hall–Kier alpha value is -6.15. The van der Waals surface area contributed by atoms with E-state index in [1.54, 1.807) is 45.6 Å². The standard InChI is InChI=1S/C37H35N7O6S/c1-46-29-15-5-24(6-16-29)21-44-42-33(41-43-44)27-11-13-28(14-12-27)38-34(45)32-35(49-22-25-7-17-30(47-2)18-8-25)39-37(51-4)40-36(32)50-23-26-9-19-31(48-3)20-10-26/h5-20H,21-23H2,1-4H3,(H,38,45). The first kappa shape index (κ1) is 34.7. The van der Waals surface area contributed by atoms with E-state index in [-0.39, 0.29) is 30.5 Å². The Kier molecular flexibility index (Phi) is 11.2. The monoisotopic (exact) mass is 705 g/mol. The molecule has 0 atom stereocenters. The van der Waals surface area contributed by atoms with Crippen molar-refractivity contribution in [3.63, 3.8) is 0 Å². The second kappa shape index (κ2) is 16.5. The Balaban J connectivity index is 1.22. The number of hydrogen-bond acceptors (Lipinski definition) is 12. The molecule has 1 N–H and O–H groups in total. The number of carbonyl (C=O) groups is 1. The third-order valence-electron chi connectivity index (χ3n) is 7.64. The summed E-state index contributed by atoms with van der Waals surface area (Å²) in [4.78, 5) is 24.6. The molecule has 2 heterocycles. The lowest BCUT2D eigenvalue weighted by molar-refractivity contribution is 0.101. The Labute approximate surface area is 298 Å². The predicted octanol–water partition coefficient (Wildman–Crippen LogP) is 6.34. The van der Waals surface area contributed by atoms with Gasteiger partial charge in [0.2, 0.25) is 17.6 Å². The maximum atomic E-state index is 14.0. The van der Waals surface area contributed by atoms with Gasteiger partial charge in [-0.2, -0.15) is 14.8 Å². The zero-order valence-corrected chi connectivity index (χ0v) is 29.2. The highest BCUT2D eigenvalue weighted by molar-refractivity contribution is 7.98. The summed E-state index contributed by atoms with van der Waals surface area (Å²) in [5, 5.41) is 16.2. The number of tetrazole rings is 1. The number of thioether (sulfide) groups is 1. The number of amides is 1. The summed E-state index contributed by atoms with van der Waals surface area (Å²) in [5.74, 6) is 2.33. The van der Waals surface area contributed by atoms with Gasteiger partial charge in [-0.25, -0.2) is 0 Å². The van der Waals surface area contributed by atoms with Gasteiger partial charge in [0.25, 0.3) is 5.91 Å². The predicted molar refractivity (Wildman–Crippen MR) is 192 cm³/mol. The molecule has 1 amide bonds. The number of anilines is 1. The number of aromatic nitrogens is 6. The number of benzene rings is 4. The van der Waals surface area contributed by atoms with Crippen molar-refractivity contribution >= 4 is 23.4 Å². The van der Waals surface area contributed by atoms with E-state index in [2.05, 4.69) is 30.7 Å². The van der Waals surface area contributed by atoms with Gasteiger partial charge in [0.1, 0.15) is 30.5 Å². The Morgan fingerprint density at radius 3 is 1.65 bits per heavy atom. The van der Waals surface area contributed by atoms with Crippen LogP contribution in [-0.4, -0.2) is 63.7 Å². The van der Waals surface area contributed by atoms with Gasteiger partial charge in [-0.15, -0.1) is 10.2 Å². The Morgan fingerprint density at radius 2 is 1.18 bits per heavy atom. The van der Waals surface area contributed by atoms with E-state index in [4.69, 9.17) is 23.7 Å². The topological polar surface area (TPSA) is 145 Å². The number of ether oxygens (including phenoxy) is 5. The third kappa shape index (κ3) is 8.91. The van der Waals surface area contributed by atoms with Crippen molar-refractivity contribution < 1.29 is 28.5 Å². The molecule has 6 aromatic rings. The highest BCUT2D eigenvalue weighted by atomic mass is 32.2. The molecular weight excluding hydrogens is 671 g/mol. The van der Waals surface area contributed by atoms with Gasteiger partial charge in [-0.05, 0) is 88.8 Å². The molecule has 2 aromatic heterocycles. The maximum absolute atomic E-state index is 14.0. The van der Waals surface area contributed by atoms with E-state index < -0.39 is 5.91 Å². The van der Waals surface area contributed by atoms with Crippen LogP contribution in [0.3, 0.4) is 0 Å². The summed E-state index contributed by atoms with van der Waals surface area (Å²) in [7, 11) is 4.84. The fourth-order valence-electron chi connectivity index (χ4n) is 4.86. The van der Waals surface area contributed by atoms with Crippen LogP contribution in [0.15, 0.2) is 102 Å². The molecule has 6 rings (SSSR count). The normalized spacial score (nSPS) is 10.7. The molecule has 51 heavy (non-hydrogen) atoms. The Bertz CT molecular complexity index is 1980. The third-order valence-corrected chi connectivity index (χ3v) is 8.19. The number of carbonyl (C=O) groups excluding carboxylic acids is 1. The van der Waals surface area contributed by atoms with Crippen molar-refractivity contribution in [3.8, 4) is 40.4 Å². The maximum Gasteiger partial charge on any atom is 0.266 e.